The summed E-state index contributed by atoms with van der Waals surface area (Å²) in [5.41, 5.74) is 0.954. The van der Waals surface area contributed by atoms with Gasteiger partial charge in [0.05, 0.1) is 11.6 Å². The van der Waals surface area contributed by atoms with Crippen LogP contribution in [0.5, 0.6) is 0 Å². The van der Waals surface area contributed by atoms with E-state index in [1.165, 1.54) is 0 Å². The molecule has 0 aromatic carbocycles. The molecule has 0 spiro atoms. The molecule has 1 saturated heterocycles. The van der Waals surface area contributed by atoms with Crippen LogP contribution in [0.1, 0.15) is 18.4 Å². The van der Waals surface area contributed by atoms with Gasteiger partial charge in [0.1, 0.15) is 5.82 Å². The van der Waals surface area contributed by atoms with Gasteiger partial charge in [0.2, 0.25) is 0 Å². The highest BCUT2D eigenvalue weighted by atomic mass is 16.4. The zero-order valence-corrected chi connectivity index (χ0v) is 10.1. The van der Waals surface area contributed by atoms with Crippen molar-refractivity contribution in [3.63, 3.8) is 0 Å². The summed E-state index contributed by atoms with van der Waals surface area (Å²) in [5.74, 6) is 0.0109. The summed E-state index contributed by atoms with van der Waals surface area (Å²) in [6.45, 7) is 5.98. The predicted octanol–water partition coefficient (Wildman–Crippen LogP) is 0.938. The zero-order valence-electron chi connectivity index (χ0n) is 10.1. The van der Waals surface area contributed by atoms with E-state index >= 15 is 0 Å². The van der Waals surface area contributed by atoms with Gasteiger partial charge in [0, 0.05) is 25.8 Å². The minimum absolute atomic E-state index is 0.204. The van der Waals surface area contributed by atoms with E-state index in [9.17, 15) is 4.79 Å². The van der Waals surface area contributed by atoms with Crippen LogP contribution in [0.3, 0.4) is 0 Å². The Hall–Kier alpha value is -1.49. The van der Waals surface area contributed by atoms with Crippen molar-refractivity contribution in [2.75, 3.05) is 13.1 Å². The van der Waals surface area contributed by atoms with Gasteiger partial charge in [-0.25, -0.2) is 9.97 Å². The van der Waals surface area contributed by atoms with Crippen LogP contribution in [-0.2, 0) is 11.3 Å². The lowest BCUT2D eigenvalue weighted by atomic mass is 9.99. The lowest BCUT2D eigenvalue weighted by Gasteiger charge is -2.14. The number of carboxylic acids is 1. The molecular weight excluding hydrogens is 218 g/mol. The molecule has 0 radical (unpaired) electrons. The van der Waals surface area contributed by atoms with E-state index in [-0.39, 0.29) is 11.8 Å². The Bertz CT molecular complexity index is 422. The van der Waals surface area contributed by atoms with E-state index in [2.05, 4.69) is 14.9 Å². The summed E-state index contributed by atoms with van der Waals surface area (Å²) in [7, 11) is 0. The molecule has 0 bridgehead atoms. The Kier molecular flexibility index (Phi) is 3.38. The molecule has 2 rings (SSSR count). The highest BCUT2D eigenvalue weighted by Crippen LogP contribution is 2.24. The first-order valence-electron chi connectivity index (χ1n) is 5.80. The molecule has 1 aliphatic rings. The van der Waals surface area contributed by atoms with Crippen LogP contribution < -0.4 is 0 Å². The fourth-order valence-electron chi connectivity index (χ4n) is 2.34. The first-order chi connectivity index (χ1) is 8.06. The summed E-state index contributed by atoms with van der Waals surface area (Å²) < 4.78 is 0. The number of likely N-dealkylation sites (tertiary alicyclic amines) is 1. The van der Waals surface area contributed by atoms with Crippen molar-refractivity contribution in [1.82, 2.24) is 14.9 Å². The van der Waals surface area contributed by atoms with E-state index in [4.69, 9.17) is 5.11 Å². The van der Waals surface area contributed by atoms with E-state index < -0.39 is 5.97 Å². The second kappa shape index (κ2) is 4.79. The van der Waals surface area contributed by atoms with Gasteiger partial charge in [-0.15, -0.1) is 0 Å². The van der Waals surface area contributed by atoms with Gasteiger partial charge < -0.3 is 5.11 Å². The highest BCUT2D eigenvalue weighted by Gasteiger charge is 2.34. The molecule has 1 fully saturated rings. The number of rotatable bonds is 3. The molecule has 92 valence electrons. The number of hydrogen-bond acceptors (Lipinski definition) is 4. The van der Waals surface area contributed by atoms with E-state index in [0.29, 0.717) is 13.1 Å². The molecule has 1 aliphatic heterocycles. The molecule has 0 saturated carbocycles. The maximum Gasteiger partial charge on any atom is 0.308 e. The van der Waals surface area contributed by atoms with Crippen molar-refractivity contribution < 1.29 is 9.90 Å². The third kappa shape index (κ3) is 2.79. The highest BCUT2D eigenvalue weighted by molar-refractivity contribution is 5.71. The zero-order chi connectivity index (χ0) is 12.4. The Morgan fingerprint density at radius 2 is 2.35 bits per heavy atom. The SMILES string of the molecule is Cc1nccc(CN2CC(C)C(C(=O)O)C2)n1. The first kappa shape index (κ1) is 12.0. The standard InChI is InChI=1S/C12H17N3O2/c1-8-5-15(7-11(8)12(16)17)6-10-3-4-13-9(2)14-10/h3-4,8,11H,5-7H2,1-2H3,(H,16,17). The molecule has 5 nitrogen and oxygen atoms in total. The van der Waals surface area contributed by atoms with Crippen molar-refractivity contribution in [2.24, 2.45) is 11.8 Å². The second-order valence-corrected chi connectivity index (χ2v) is 4.71. The normalized spacial score (nSPS) is 25.1. The molecule has 1 aromatic rings. The lowest BCUT2D eigenvalue weighted by molar-refractivity contribution is -0.142. The van der Waals surface area contributed by atoms with Crippen molar-refractivity contribution in [2.45, 2.75) is 20.4 Å². The van der Waals surface area contributed by atoms with Crippen LogP contribution >= 0.6 is 0 Å². The van der Waals surface area contributed by atoms with Crippen LogP contribution in [-0.4, -0.2) is 39.0 Å². The van der Waals surface area contributed by atoms with Gasteiger partial charge in [0.15, 0.2) is 0 Å². The van der Waals surface area contributed by atoms with E-state index in [0.717, 1.165) is 18.1 Å². The van der Waals surface area contributed by atoms with Crippen molar-refractivity contribution in [1.29, 1.82) is 0 Å². The lowest BCUT2D eigenvalue weighted by Crippen LogP contribution is -2.23. The number of aryl methyl sites for hydroxylation is 1. The quantitative estimate of drug-likeness (QED) is 0.844. The van der Waals surface area contributed by atoms with Crippen LogP contribution in [0.25, 0.3) is 0 Å². The molecule has 2 unspecified atom stereocenters. The molecule has 5 heteroatoms. The molecule has 17 heavy (non-hydrogen) atoms. The van der Waals surface area contributed by atoms with Gasteiger partial charge in [-0.3, -0.25) is 9.69 Å². The third-order valence-corrected chi connectivity index (χ3v) is 3.22. The second-order valence-electron chi connectivity index (χ2n) is 4.71. The fraction of sp³-hybridized carbons (Fsp3) is 0.583. The average molecular weight is 235 g/mol. The minimum Gasteiger partial charge on any atom is -0.481 e. The number of carboxylic acid groups (broad SMARTS) is 1. The summed E-state index contributed by atoms with van der Waals surface area (Å²) in [4.78, 5) is 21.5. The number of carbonyl (C=O) groups is 1. The van der Waals surface area contributed by atoms with Crippen molar-refractivity contribution in [3.8, 4) is 0 Å². The molecule has 1 N–H and O–H groups in total. The Morgan fingerprint density at radius 1 is 1.59 bits per heavy atom. The first-order valence-corrected chi connectivity index (χ1v) is 5.80. The number of nitrogens with zero attached hydrogens (tertiary/aromatic N) is 3. The summed E-state index contributed by atoms with van der Waals surface area (Å²) in [5, 5.41) is 9.06. The molecule has 0 amide bonds. The Labute approximate surface area is 100 Å². The average Bonchev–Trinajstić information content (AvgIpc) is 2.59. The summed E-state index contributed by atoms with van der Waals surface area (Å²) in [6, 6.07) is 1.88. The maximum absolute atomic E-state index is 11.0. The van der Waals surface area contributed by atoms with Crippen LogP contribution in [0.15, 0.2) is 12.3 Å². The maximum atomic E-state index is 11.0. The topological polar surface area (TPSA) is 66.3 Å². The van der Waals surface area contributed by atoms with Gasteiger partial charge >= 0.3 is 5.97 Å². The van der Waals surface area contributed by atoms with E-state index in [1.807, 2.05) is 19.9 Å². The Morgan fingerprint density at radius 3 is 2.94 bits per heavy atom. The number of hydrogen-bond donors (Lipinski definition) is 1. The fourth-order valence-corrected chi connectivity index (χ4v) is 2.34. The van der Waals surface area contributed by atoms with Crippen LogP contribution in [0.4, 0.5) is 0 Å². The van der Waals surface area contributed by atoms with Gasteiger partial charge in [-0.1, -0.05) is 6.92 Å². The largest absolute Gasteiger partial charge is 0.481 e. The smallest absolute Gasteiger partial charge is 0.308 e. The molecule has 2 atom stereocenters. The Balaban J connectivity index is 2.00. The molecular formula is C12H17N3O2. The molecule has 1 aromatic heterocycles. The predicted molar refractivity (Wildman–Crippen MR) is 62.3 cm³/mol. The van der Waals surface area contributed by atoms with Gasteiger partial charge in [0.25, 0.3) is 0 Å². The summed E-state index contributed by atoms with van der Waals surface area (Å²) >= 11 is 0. The minimum atomic E-state index is -0.695. The van der Waals surface area contributed by atoms with Crippen molar-refractivity contribution in [3.05, 3.63) is 23.8 Å². The number of aromatic nitrogens is 2. The molecule has 2 heterocycles. The van der Waals surface area contributed by atoms with Gasteiger partial charge in [-0.05, 0) is 18.9 Å². The van der Waals surface area contributed by atoms with Crippen LogP contribution in [0, 0.1) is 18.8 Å². The van der Waals surface area contributed by atoms with Gasteiger partial charge in [-0.2, -0.15) is 0 Å². The summed E-state index contributed by atoms with van der Waals surface area (Å²) in [6.07, 6.45) is 1.74. The van der Waals surface area contributed by atoms with E-state index in [1.54, 1.807) is 6.20 Å². The van der Waals surface area contributed by atoms with Crippen molar-refractivity contribution >= 4 is 5.97 Å². The third-order valence-electron chi connectivity index (χ3n) is 3.22. The monoisotopic (exact) mass is 235 g/mol. The number of aliphatic carboxylic acids is 1. The van der Waals surface area contributed by atoms with Crippen LogP contribution in [0.2, 0.25) is 0 Å². The molecule has 0 aliphatic carbocycles.